The Morgan fingerprint density at radius 3 is 1.12 bits per heavy atom. The Kier molecular flexibility index (Phi) is 2.00. The minimum absolute atomic E-state index is 0.785. The van der Waals surface area contributed by atoms with Gasteiger partial charge in [-0.05, 0) is 20.8 Å². The third-order valence-corrected chi connectivity index (χ3v) is 2.70. The Balaban J connectivity index is 4.02. The van der Waals surface area contributed by atoms with Crippen molar-refractivity contribution < 1.29 is 14.7 Å². The van der Waals surface area contributed by atoms with Crippen LogP contribution in [0.25, 0.3) is 0 Å². The van der Waals surface area contributed by atoms with Crippen molar-refractivity contribution in [3.05, 3.63) is 0 Å². The van der Waals surface area contributed by atoms with Crippen molar-refractivity contribution in [2.75, 3.05) is 0 Å². The molecule has 0 bridgehead atoms. The maximum atomic E-state index is 8.58. The molecule has 0 atom stereocenters. The summed E-state index contributed by atoms with van der Waals surface area (Å²) in [6.07, 6.45) is 0. The maximum absolute atomic E-state index is 8.58. The Bertz CT molecular complexity index is 66.3. The Labute approximate surface area is 49.6 Å². The van der Waals surface area contributed by atoms with Gasteiger partial charge in [-0.25, -0.2) is 0 Å². The number of hydrogen-bond acceptors (Lipinski definition) is 3. The van der Waals surface area contributed by atoms with E-state index in [9.17, 15) is 0 Å². The van der Waals surface area contributed by atoms with Gasteiger partial charge < -0.3 is 0 Å². The van der Waals surface area contributed by atoms with E-state index in [0.717, 1.165) is 0 Å². The summed E-state index contributed by atoms with van der Waals surface area (Å²) in [5.41, 5.74) is 0. The van der Waals surface area contributed by atoms with Gasteiger partial charge in [0.2, 0.25) is 0 Å². The monoisotopic (exact) mass is 139 g/mol. The molecule has 0 aliphatic heterocycles. The Morgan fingerprint density at radius 2 is 1.12 bits per heavy atom. The van der Waals surface area contributed by atoms with Gasteiger partial charge in [0, 0.05) is 0 Å². The topological polar surface area (TPSA) is 60.7 Å². The van der Waals surface area contributed by atoms with E-state index in [1.807, 2.05) is 0 Å². The minimum atomic E-state index is -3.60. The lowest BCUT2D eigenvalue weighted by Gasteiger charge is -2.17. The molecule has 4 heteroatoms. The van der Waals surface area contributed by atoms with Crippen molar-refractivity contribution in [1.82, 2.24) is 0 Å². The molecule has 0 spiro atoms. The van der Waals surface area contributed by atoms with Crippen LogP contribution in [-0.2, 0) is 0 Å². The van der Waals surface area contributed by atoms with Gasteiger partial charge >= 0.3 is 7.94 Å². The molecule has 8 heavy (non-hydrogen) atoms. The molecule has 0 fully saturated rings. The van der Waals surface area contributed by atoms with E-state index in [4.69, 9.17) is 14.7 Å². The SMILES string of the molecule is CC(C)(C)[P+](O)(O)O. The summed E-state index contributed by atoms with van der Waals surface area (Å²) in [6, 6.07) is 0. The molecule has 0 amide bonds. The summed E-state index contributed by atoms with van der Waals surface area (Å²) in [5, 5.41) is -0.785. The molecule has 3 nitrogen and oxygen atoms in total. The molecule has 0 heterocycles. The zero-order chi connectivity index (χ0) is 7.00. The first-order valence-electron chi connectivity index (χ1n) is 2.32. The normalized spacial score (nSPS) is 14.2. The van der Waals surface area contributed by atoms with Gasteiger partial charge in [-0.2, -0.15) is 14.7 Å². The molecule has 0 saturated carbocycles. The lowest BCUT2D eigenvalue weighted by molar-refractivity contribution is 0.298. The average molecular weight is 139 g/mol. The molecular weight excluding hydrogens is 127 g/mol. The molecule has 50 valence electrons. The third kappa shape index (κ3) is 2.05. The fourth-order valence-corrected chi connectivity index (χ4v) is 0. The van der Waals surface area contributed by atoms with Crippen LogP contribution in [0, 0.1) is 0 Å². The summed E-state index contributed by atoms with van der Waals surface area (Å²) < 4.78 is 0. The molecule has 0 rings (SSSR count). The fraction of sp³-hybridized carbons (Fsp3) is 1.00. The van der Waals surface area contributed by atoms with Crippen molar-refractivity contribution >= 4 is 7.94 Å². The molecule has 0 aromatic rings. The van der Waals surface area contributed by atoms with Crippen LogP contribution in [0.2, 0.25) is 0 Å². The van der Waals surface area contributed by atoms with Crippen molar-refractivity contribution in [3.63, 3.8) is 0 Å². The van der Waals surface area contributed by atoms with Gasteiger partial charge in [-0.1, -0.05) is 0 Å². The highest BCUT2D eigenvalue weighted by Crippen LogP contribution is 2.57. The highest BCUT2D eigenvalue weighted by atomic mass is 31.2. The van der Waals surface area contributed by atoms with Crippen molar-refractivity contribution in [1.29, 1.82) is 0 Å². The summed E-state index contributed by atoms with van der Waals surface area (Å²) in [4.78, 5) is 25.7. The first kappa shape index (κ1) is 8.31. The first-order chi connectivity index (χ1) is 3.25. The Morgan fingerprint density at radius 1 is 1.00 bits per heavy atom. The molecule has 0 aliphatic rings. The molecule has 3 N–H and O–H groups in total. The van der Waals surface area contributed by atoms with E-state index in [-0.39, 0.29) is 0 Å². The van der Waals surface area contributed by atoms with Gasteiger partial charge in [0.25, 0.3) is 0 Å². The van der Waals surface area contributed by atoms with E-state index in [0.29, 0.717) is 0 Å². The van der Waals surface area contributed by atoms with Gasteiger partial charge in [0.1, 0.15) is 0 Å². The Hall–Kier alpha value is 0.310. The van der Waals surface area contributed by atoms with E-state index in [1.165, 1.54) is 0 Å². The van der Waals surface area contributed by atoms with Crippen LogP contribution in [0.15, 0.2) is 0 Å². The lowest BCUT2D eigenvalue weighted by Crippen LogP contribution is -2.18. The molecule has 0 aromatic carbocycles. The minimum Gasteiger partial charge on any atom is -0.192 e. The van der Waals surface area contributed by atoms with Gasteiger partial charge in [-0.15, -0.1) is 0 Å². The van der Waals surface area contributed by atoms with Crippen molar-refractivity contribution in [2.45, 2.75) is 25.9 Å². The zero-order valence-electron chi connectivity index (χ0n) is 5.29. The quantitative estimate of drug-likeness (QED) is 0.429. The van der Waals surface area contributed by atoms with Crippen molar-refractivity contribution in [3.8, 4) is 0 Å². The van der Waals surface area contributed by atoms with Gasteiger partial charge in [-0.3, -0.25) is 0 Å². The second kappa shape index (κ2) is 1.92. The summed E-state index contributed by atoms with van der Waals surface area (Å²) in [5.74, 6) is 0. The zero-order valence-corrected chi connectivity index (χ0v) is 6.18. The van der Waals surface area contributed by atoms with Crippen LogP contribution >= 0.6 is 7.94 Å². The smallest absolute Gasteiger partial charge is 0.192 e. The molecule has 0 aliphatic carbocycles. The second-order valence-electron chi connectivity index (χ2n) is 2.74. The average Bonchev–Trinajstić information content (AvgIpc) is 1.25. The van der Waals surface area contributed by atoms with Crippen LogP contribution in [0.5, 0.6) is 0 Å². The summed E-state index contributed by atoms with van der Waals surface area (Å²) in [6.45, 7) is 4.71. The van der Waals surface area contributed by atoms with Crippen LogP contribution in [0.4, 0.5) is 0 Å². The highest BCUT2D eigenvalue weighted by Gasteiger charge is 2.46. The molecule has 0 unspecified atom stereocenters. The molecule has 0 saturated heterocycles. The molecular formula is C4H12O3P+. The summed E-state index contributed by atoms with van der Waals surface area (Å²) >= 11 is 0. The fourth-order valence-electron chi connectivity index (χ4n) is 0. The molecule has 0 aromatic heterocycles. The summed E-state index contributed by atoms with van der Waals surface area (Å²) in [7, 11) is -3.60. The van der Waals surface area contributed by atoms with E-state index < -0.39 is 13.1 Å². The largest absolute Gasteiger partial charge is 0.409 e. The van der Waals surface area contributed by atoms with Gasteiger partial charge in [0.15, 0.2) is 5.16 Å². The van der Waals surface area contributed by atoms with Crippen LogP contribution < -0.4 is 0 Å². The maximum Gasteiger partial charge on any atom is 0.409 e. The van der Waals surface area contributed by atoms with E-state index >= 15 is 0 Å². The standard InChI is InChI=1S/C4H12O3P/c1-4(2,3)8(5,6)7/h5-7H,1-3H3/q+1. The number of rotatable bonds is 0. The first-order valence-corrected chi connectivity index (χ1v) is 3.97. The van der Waals surface area contributed by atoms with E-state index in [1.54, 1.807) is 20.8 Å². The second-order valence-corrected chi connectivity index (χ2v) is 5.22. The predicted molar refractivity (Wildman–Crippen MR) is 33.3 cm³/mol. The number of hydrogen-bond donors (Lipinski definition) is 3. The predicted octanol–water partition coefficient (Wildman–Crippen LogP) is 0.524. The van der Waals surface area contributed by atoms with Crippen molar-refractivity contribution in [2.24, 2.45) is 0 Å². The van der Waals surface area contributed by atoms with Gasteiger partial charge in [0.05, 0.1) is 0 Å². The third-order valence-electron chi connectivity index (χ3n) is 0.900. The molecule has 0 radical (unpaired) electrons. The van der Waals surface area contributed by atoms with Crippen LogP contribution in [0.1, 0.15) is 20.8 Å². The van der Waals surface area contributed by atoms with Crippen LogP contribution in [0.3, 0.4) is 0 Å². The van der Waals surface area contributed by atoms with Crippen LogP contribution in [-0.4, -0.2) is 19.8 Å². The highest BCUT2D eigenvalue weighted by molar-refractivity contribution is 7.60. The van der Waals surface area contributed by atoms with E-state index in [2.05, 4.69) is 0 Å². The lowest BCUT2D eigenvalue weighted by atomic mass is 10.3.